The quantitative estimate of drug-likeness (QED) is 0.830. The second kappa shape index (κ2) is 7.17. The van der Waals surface area contributed by atoms with Gasteiger partial charge in [0.2, 0.25) is 15.9 Å². The Balaban J connectivity index is 1.91. The molecule has 27 heavy (non-hydrogen) atoms. The molecule has 0 aromatic heterocycles. The topological polar surface area (TPSA) is 66.5 Å². The summed E-state index contributed by atoms with van der Waals surface area (Å²) < 4.78 is 64.0. The third-order valence-corrected chi connectivity index (χ3v) is 6.73. The lowest BCUT2D eigenvalue weighted by Crippen LogP contribution is -2.28. The standard InChI is InChI=1S/C17H15F3N2O3S2/c1-21-27(24,25)14-8-6-13(7-9-14)22-15(23)10-26-16(22)11-2-4-12(5-3-11)17(18,19)20/h2-9,16,21H,10H2,1H3. The highest BCUT2D eigenvalue weighted by molar-refractivity contribution is 8.00. The van der Waals surface area contributed by atoms with Crippen LogP contribution in [-0.2, 0) is 21.0 Å². The van der Waals surface area contributed by atoms with E-state index in [0.29, 0.717) is 11.3 Å². The molecule has 0 saturated carbocycles. The molecule has 0 bridgehead atoms. The number of amides is 1. The Bertz CT molecular complexity index is 943. The highest BCUT2D eigenvalue weighted by atomic mass is 32.2. The first-order valence-corrected chi connectivity index (χ1v) is 10.3. The first-order chi connectivity index (χ1) is 12.6. The van der Waals surface area contributed by atoms with Gasteiger partial charge in [-0.1, -0.05) is 12.1 Å². The molecule has 1 N–H and O–H groups in total. The van der Waals surface area contributed by atoms with E-state index in [1.165, 1.54) is 60.1 Å². The molecule has 1 aliphatic heterocycles. The first-order valence-electron chi connectivity index (χ1n) is 7.78. The summed E-state index contributed by atoms with van der Waals surface area (Å²) in [5.41, 5.74) is 0.282. The van der Waals surface area contributed by atoms with Crippen LogP contribution in [-0.4, -0.2) is 27.1 Å². The highest BCUT2D eigenvalue weighted by Crippen LogP contribution is 2.42. The molecular formula is C17H15F3N2O3S2. The Morgan fingerprint density at radius 1 is 1.07 bits per heavy atom. The number of sulfonamides is 1. The van der Waals surface area contributed by atoms with E-state index in [0.717, 1.165) is 12.1 Å². The van der Waals surface area contributed by atoms with E-state index in [1.807, 2.05) is 0 Å². The fourth-order valence-corrected chi connectivity index (χ4v) is 4.60. The molecule has 0 radical (unpaired) electrons. The molecule has 1 amide bonds. The molecule has 2 aromatic carbocycles. The van der Waals surface area contributed by atoms with Crippen LogP contribution < -0.4 is 9.62 Å². The zero-order valence-electron chi connectivity index (χ0n) is 14.0. The number of hydrogen-bond acceptors (Lipinski definition) is 4. The Hall–Kier alpha value is -2.04. The van der Waals surface area contributed by atoms with Gasteiger partial charge in [0.05, 0.1) is 16.2 Å². The summed E-state index contributed by atoms with van der Waals surface area (Å²) in [6.45, 7) is 0. The van der Waals surface area contributed by atoms with Gasteiger partial charge in [-0.05, 0) is 49.0 Å². The summed E-state index contributed by atoms with van der Waals surface area (Å²) in [6, 6.07) is 10.4. The highest BCUT2D eigenvalue weighted by Gasteiger charge is 2.35. The average molecular weight is 416 g/mol. The molecule has 0 aliphatic carbocycles. The fraction of sp³-hybridized carbons (Fsp3) is 0.235. The lowest BCUT2D eigenvalue weighted by Gasteiger charge is -2.24. The van der Waals surface area contributed by atoms with Crippen molar-refractivity contribution in [2.75, 3.05) is 17.7 Å². The van der Waals surface area contributed by atoms with Crippen LogP contribution in [0.15, 0.2) is 53.4 Å². The minimum atomic E-state index is -4.43. The molecule has 1 saturated heterocycles. The Morgan fingerprint density at radius 2 is 1.67 bits per heavy atom. The number of nitrogens with zero attached hydrogens (tertiary/aromatic N) is 1. The maximum absolute atomic E-state index is 12.7. The van der Waals surface area contributed by atoms with Crippen molar-refractivity contribution in [3.63, 3.8) is 0 Å². The molecule has 1 aliphatic rings. The van der Waals surface area contributed by atoms with Gasteiger partial charge in [-0.3, -0.25) is 9.69 Å². The van der Waals surface area contributed by atoms with Crippen LogP contribution in [0.5, 0.6) is 0 Å². The zero-order valence-corrected chi connectivity index (χ0v) is 15.7. The second-order valence-electron chi connectivity index (χ2n) is 5.75. The second-order valence-corrected chi connectivity index (χ2v) is 8.70. The molecule has 5 nitrogen and oxygen atoms in total. The molecule has 0 spiro atoms. The van der Waals surface area contributed by atoms with E-state index < -0.39 is 27.1 Å². The molecule has 3 rings (SSSR count). The predicted octanol–water partition coefficient (Wildman–Crippen LogP) is 3.39. The zero-order chi connectivity index (χ0) is 19.8. The van der Waals surface area contributed by atoms with Crippen molar-refractivity contribution in [3.05, 3.63) is 59.7 Å². The Labute approximate surface area is 158 Å². The normalized spacial score (nSPS) is 18.1. The molecule has 1 unspecified atom stereocenters. The molecule has 2 aromatic rings. The summed E-state index contributed by atoms with van der Waals surface area (Å²) in [7, 11) is -2.31. The SMILES string of the molecule is CNS(=O)(=O)c1ccc(N2C(=O)CSC2c2ccc(C(F)(F)F)cc2)cc1. The number of nitrogens with one attached hydrogen (secondary N) is 1. The van der Waals surface area contributed by atoms with Gasteiger partial charge in [0.25, 0.3) is 0 Å². The van der Waals surface area contributed by atoms with Crippen molar-refractivity contribution >= 4 is 33.4 Å². The smallest absolute Gasteiger partial charge is 0.295 e. The number of hydrogen-bond donors (Lipinski definition) is 1. The van der Waals surface area contributed by atoms with Gasteiger partial charge in [-0.25, -0.2) is 13.1 Å². The molecular weight excluding hydrogens is 401 g/mol. The van der Waals surface area contributed by atoms with E-state index in [4.69, 9.17) is 0 Å². The van der Waals surface area contributed by atoms with Crippen LogP contribution in [0, 0.1) is 0 Å². The summed E-state index contributed by atoms with van der Waals surface area (Å²) in [5, 5.41) is -0.480. The lowest BCUT2D eigenvalue weighted by molar-refractivity contribution is -0.137. The van der Waals surface area contributed by atoms with Gasteiger partial charge in [0.15, 0.2) is 0 Å². The van der Waals surface area contributed by atoms with E-state index in [9.17, 15) is 26.4 Å². The van der Waals surface area contributed by atoms with Crippen molar-refractivity contribution in [2.45, 2.75) is 16.4 Å². The van der Waals surface area contributed by atoms with Gasteiger partial charge < -0.3 is 0 Å². The molecule has 10 heteroatoms. The largest absolute Gasteiger partial charge is 0.416 e. The first kappa shape index (κ1) is 19.7. The van der Waals surface area contributed by atoms with Crippen molar-refractivity contribution in [3.8, 4) is 0 Å². The Morgan fingerprint density at radius 3 is 2.19 bits per heavy atom. The number of thioether (sulfide) groups is 1. The van der Waals surface area contributed by atoms with Crippen molar-refractivity contribution in [1.82, 2.24) is 4.72 Å². The minimum absolute atomic E-state index is 0.0547. The number of halogens is 3. The van der Waals surface area contributed by atoms with Gasteiger partial charge in [-0.15, -0.1) is 11.8 Å². The van der Waals surface area contributed by atoms with Crippen LogP contribution in [0.2, 0.25) is 0 Å². The summed E-state index contributed by atoms with van der Waals surface area (Å²) in [4.78, 5) is 13.8. The van der Waals surface area contributed by atoms with Crippen molar-refractivity contribution in [1.29, 1.82) is 0 Å². The number of carbonyl (C=O) groups excluding carboxylic acids is 1. The molecule has 144 valence electrons. The molecule has 1 atom stereocenters. The van der Waals surface area contributed by atoms with Gasteiger partial charge >= 0.3 is 6.18 Å². The molecule has 1 heterocycles. The maximum Gasteiger partial charge on any atom is 0.416 e. The lowest BCUT2D eigenvalue weighted by atomic mass is 10.1. The van der Waals surface area contributed by atoms with Crippen LogP contribution in [0.1, 0.15) is 16.5 Å². The van der Waals surface area contributed by atoms with Crippen molar-refractivity contribution < 1.29 is 26.4 Å². The van der Waals surface area contributed by atoms with Crippen LogP contribution >= 0.6 is 11.8 Å². The summed E-state index contributed by atoms with van der Waals surface area (Å²) >= 11 is 1.30. The van der Waals surface area contributed by atoms with Crippen LogP contribution in [0.3, 0.4) is 0 Å². The van der Waals surface area contributed by atoms with E-state index >= 15 is 0 Å². The van der Waals surface area contributed by atoms with Gasteiger partial charge in [0.1, 0.15) is 5.37 Å². The number of rotatable bonds is 4. The number of anilines is 1. The number of benzene rings is 2. The predicted molar refractivity (Wildman–Crippen MR) is 96.8 cm³/mol. The third-order valence-electron chi connectivity index (χ3n) is 4.08. The van der Waals surface area contributed by atoms with Crippen LogP contribution in [0.25, 0.3) is 0 Å². The minimum Gasteiger partial charge on any atom is -0.295 e. The Kier molecular flexibility index (Phi) is 5.24. The van der Waals surface area contributed by atoms with Gasteiger partial charge in [0, 0.05) is 5.69 Å². The van der Waals surface area contributed by atoms with Gasteiger partial charge in [-0.2, -0.15) is 13.2 Å². The molecule has 1 fully saturated rings. The number of alkyl halides is 3. The average Bonchev–Trinajstić information content (AvgIpc) is 3.02. The third kappa shape index (κ3) is 3.97. The van der Waals surface area contributed by atoms with Crippen molar-refractivity contribution in [2.24, 2.45) is 0 Å². The number of carbonyl (C=O) groups is 1. The van der Waals surface area contributed by atoms with E-state index in [2.05, 4.69) is 4.72 Å². The fourth-order valence-electron chi connectivity index (χ4n) is 2.69. The summed E-state index contributed by atoms with van der Waals surface area (Å²) in [6.07, 6.45) is -4.43. The van der Waals surface area contributed by atoms with Crippen LogP contribution in [0.4, 0.5) is 18.9 Å². The van der Waals surface area contributed by atoms with E-state index in [-0.39, 0.29) is 16.6 Å². The van der Waals surface area contributed by atoms with E-state index in [1.54, 1.807) is 0 Å². The maximum atomic E-state index is 12.7. The summed E-state index contributed by atoms with van der Waals surface area (Å²) in [5.74, 6) is -0.0171. The monoisotopic (exact) mass is 416 g/mol.